The first-order valence-electron chi connectivity index (χ1n) is 7.16. The van der Waals surface area contributed by atoms with Crippen LogP contribution in [-0.2, 0) is 14.6 Å². The van der Waals surface area contributed by atoms with Crippen LogP contribution in [0, 0.1) is 0 Å². The van der Waals surface area contributed by atoms with Crippen LogP contribution in [0.15, 0.2) is 21.6 Å². The molecule has 0 aromatic carbocycles. The van der Waals surface area contributed by atoms with E-state index >= 15 is 0 Å². The lowest BCUT2D eigenvalue weighted by atomic mass is 10.1. The molecule has 0 spiro atoms. The second kappa shape index (κ2) is 7.38. The number of hydrogen-bond donors (Lipinski definition) is 3. The van der Waals surface area contributed by atoms with E-state index in [-0.39, 0.29) is 25.7 Å². The van der Waals surface area contributed by atoms with Crippen LogP contribution in [0.4, 0.5) is 5.00 Å². The molecular formula is C14H15ClN4O6S2. The number of anilines is 1. The van der Waals surface area contributed by atoms with Gasteiger partial charge in [0.05, 0.1) is 12.7 Å². The van der Waals surface area contributed by atoms with Crippen LogP contribution < -0.4 is 15.8 Å². The van der Waals surface area contributed by atoms with E-state index in [1.165, 1.54) is 21.0 Å². The minimum absolute atomic E-state index is 0.132. The summed E-state index contributed by atoms with van der Waals surface area (Å²) in [5.74, 6) is -2.08. The number of aliphatic hydroxyl groups is 1. The highest BCUT2D eigenvalue weighted by atomic mass is 35.5. The number of primary amides is 1. The fourth-order valence-corrected chi connectivity index (χ4v) is 4.89. The number of thiophene rings is 1. The quantitative estimate of drug-likeness (QED) is 0.563. The molecule has 2 amide bonds. The molecule has 13 heteroatoms. The van der Waals surface area contributed by atoms with Gasteiger partial charge in [-0.2, -0.15) is 0 Å². The Morgan fingerprint density at radius 3 is 2.52 bits per heavy atom. The van der Waals surface area contributed by atoms with Gasteiger partial charge in [-0.05, 0) is 19.9 Å². The fraction of sp³-hybridized carbons (Fsp3) is 0.286. The van der Waals surface area contributed by atoms with Crippen molar-refractivity contribution in [2.45, 2.75) is 28.7 Å². The third-order valence-electron chi connectivity index (χ3n) is 3.21. The van der Waals surface area contributed by atoms with Crippen molar-refractivity contribution in [3.63, 3.8) is 0 Å². The standard InChI is InChI=1S/C14H15ClN4O6S2/c1-14(2,22)13(21)19-11-6(10(16)20)4-7(26-11)27(23,24)12-8(25-3)9(15)17-5-18-12/h4-5,22H,1-3H3,(H2,16,20)(H,19,21). The summed E-state index contributed by atoms with van der Waals surface area (Å²) in [4.78, 5) is 31.0. The predicted molar refractivity (Wildman–Crippen MR) is 96.8 cm³/mol. The first kappa shape index (κ1) is 21.0. The topological polar surface area (TPSA) is 162 Å². The Balaban J connectivity index is 2.60. The maximum Gasteiger partial charge on any atom is 0.256 e. The number of nitrogens with two attached hydrogens (primary N) is 1. The molecule has 27 heavy (non-hydrogen) atoms. The number of amides is 2. The number of hydrogen-bond acceptors (Lipinski definition) is 9. The molecule has 146 valence electrons. The molecule has 0 bridgehead atoms. The summed E-state index contributed by atoms with van der Waals surface area (Å²) < 4.78 is 30.4. The van der Waals surface area contributed by atoms with Gasteiger partial charge in [-0.1, -0.05) is 11.6 Å². The van der Waals surface area contributed by atoms with E-state index < -0.39 is 32.3 Å². The first-order chi connectivity index (χ1) is 12.4. The van der Waals surface area contributed by atoms with Crippen molar-refractivity contribution in [3.8, 4) is 5.75 Å². The summed E-state index contributed by atoms with van der Waals surface area (Å²) in [6.07, 6.45) is 0.942. The maximum atomic E-state index is 12.9. The Morgan fingerprint density at radius 1 is 1.37 bits per heavy atom. The van der Waals surface area contributed by atoms with Crippen LogP contribution in [0.1, 0.15) is 24.2 Å². The summed E-state index contributed by atoms with van der Waals surface area (Å²) in [5.41, 5.74) is 3.26. The van der Waals surface area contributed by atoms with E-state index in [2.05, 4.69) is 15.3 Å². The zero-order valence-corrected chi connectivity index (χ0v) is 16.7. The normalized spacial score (nSPS) is 11.9. The van der Waals surface area contributed by atoms with Crippen molar-refractivity contribution in [2.24, 2.45) is 5.73 Å². The van der Waals surface area contributed by atoms with E-state index in [4.69, 9.17) is 22.1 Å². The minimum Gasteiger partial charge on any atom is -0.491 e. The third kappa shape index (κ3) is 4.18. The molecule has 0 aliphatic rings. The third-order valence-corrected chi connectivity index (χ3v) is 6.68. The second-order valence-electron chi connectivity index (χ2n) is 5.69. The predicted octanol–water partition coefficient (Wildman–Crippen LogP) is 0.841. The Bertz CT molecular complexity index is 1010. The lowest BCUT2D eigenvalue weighted by Gasteiger charge is -2.16. The molecule has 0 saturated heterocycles. The number of nitrogens with one attached hydrogen (secondary N) is 1. The molecule has 0 saturated carbocycles. The number of nitrogens with zero attached hydrogens (tertiary/aromatic N) is 2. The van der Waals surface area contributed by atoms with Gasteiger partial charge in [0, 0.05) is 0 Å². The Hall–Kier alpha value is -2.28. The summed E-state index contributed by atoms with van der Waals surface area (Å²) in [5, 5.41) is 11.2. The monoisotopic (exact) mass is 434 g/mol. The van der Waals surface area contributed by atoms with Crippen LogP contribution >= 0.6 is 22.9 Å². The van der Waals surface area contributed by atoms with Crippen molar-refractivity contribution >= 4 is 49.6 Å². The van der Waals surface area contributed by atoms with Crippen LogP contribution in [0.3, 0.4) is 0 Å². The first-order valence-corrected chi connectivity index (χ1v) is 9.84. The van der Waals surface area contributed by atoms with Crippen LogP contribution in [-0.4, -0.2) is 48.0 Å². The van der Waals surface area contributed by atoms with Crippen molar-refractivity contribution < 1.29 is 27.9 Å². The van der Waals surface area contributed by atoms with Gasteiger partial charge in [0.2, 0.25) is 14.9 Å². The van der Waals surface area contributed by atoms with Gasteiger partial charge in [0.1, 0.15) is 21.1 Å². The van der Waals surface area contributed by atoms with Crippen LogP contribution in [0.2, 0.25) is 5.15 Å². The summed E-state index contributed by atoms with van der Waals surface area (Å²) in [7, 11) is -3.08. The van der Waals surface area contributed by atoms with Crippen molar-refractivity contribution in [3.05, 3.63) is 23.1 Å². The molecule has 0 aliphatic heterocycles. The number of methoxy groups -OCH3 is 1. The average molecular weight is 435 g/mol. The zero-order chi connectivity index (χ0) is 20.6. The Morgan fingerprint density at radius 2 is 2.00 bits per heavy atom. The molecule has 0 aliphatic carbocycles. The lowest BCUT2D eigenvalue weighted by Crippen LogP contribution is -2.36. The number of ether oxygens (including phenoxy) is 1. The minimum atomic E-state index is -4.27. The molecule has 4 N–H and O–H groups in total. The van der Waals surface area contributed by atoms with Gasteiger partial charge >= 0.3 is 0 Å². The summed E-state index contributed by atoms with van der Waals surface area (Å²) in [6.45, 7) is 2.45. The van der Waals surface area contributed by atoms with Crippen LogP contribution in [0.5, 0.6) is 5.75 Å². The number of aromatic nitrogens is 2. The van der Waals surface area contributed by atoms with Gasteiger partial charge in [0.25, 0.3) is 11.8 Å². The molecule has 0 fully saturated rings. The molecule has 0 atom stereocenters. The highest BCUT2D eigenvalue weighted by Gasteiger charge is 2.32. The van der Waals surface area contributed by atoms with E-state index in [0.29, 0.717) is 11.3 Å². The molecular weight excluding hydrogens is 420 g/mol. The molecule has 10 nitrogen and oxygen atoms in total. The lowest BCUT2D eigenvalue weighted by molar-refractivity contribution is -0.130. The SMILES string of the molecule is COc1c(Cl)ncnc1S(=O)(=O)c1cc(C(N)=O)c(NC(=O)C(C)(C)O)s1. The van der Waals surface area contributed by atoms with Crippen molar-refractivity contribution in [2.75, 3.05) is 12.4 Å². The fourth-order valence-electron chi connectivity index (χ4n) is 1.83. The number of carbonyl (C=O) groups excluding carboxylic acids is 2. The van der Waals surface area contributed by atoms with Crippen LogP contribution in [0.25, 0.3) is 0 Å². The number of rotatable bonds is 6. The van der Waals surface area contributed by atoms with E-state index in [9.17, 15) is 23.1 Å². The smallest absolute Gasteiger partial charge is 0.256 e. The van der Waals surface area contributed by atoms with Crippen molar-refractivity contribution in [1.82, 2.24) is 9.97 Å². The van der Waals surface area contributed by atoms with Gasteiger partial charge in [-0.15, -0.1) is 11.3 Å². The molecule has 2 aromatic heterocycles. The maximum absolute atomic E-state index is 12.9. The molecule has 2 aromatic rings. The second-order valence-corrected chi connectivity index (χ2v) is 9.19. The molecule has 2 heterocycles. The average Bonchev–Trinajstić information content (AvgIpc) is 2.98. The number of halogens is 1. The molecule has 2 rings (SSSR count). The summed E-state index contributed by atoms with van der Waals surface area (Å²) in [6, 6.07) is 0.998. The van der Waals surface area contributed by atoms with E-state index in [0.717, 1.165) is 12.4 Å². The van der Waals surface area contributed by atoms with Gasteiger partial charge < -0.3 is 20.9 Å². The summed E-state index contributed by atoms with van der Waals surface area (Å²) >= 11 is 6.40. The highest BCUT2D eigenvalue weighted by Crippen LogP contribution is 2.38. The van der Waals surface area contributed by atoms with E-state index in [1.54, 1.807) is 0 Å². The van der Waals surface area contributed by atoms with E-state index in [1.807, 2.05) is 0 Å². The Labute approximate surface area is 163 Å². The largest absolute Gasteiger partial charge is 0.491 e. The Kier molecular flexibility index (Phi) is 5.75. The van der Waals surface area contributed by atoms with Gasteiger partial charge in [0.15, 0.2) is 10.9 Å². The zero-order valence-electron chi connectivity index (χ0n) is 14.3. The van der Waals surface area contributed by atoms with Gasteiger partial charge in [-0.25, -0.2) is 18.4 Å². The highest BCUT2D eigenvalue weighted by molar-refractivity contribution is 7.93. The van der Waals surface area contributed by atoms with Gasteiger partial charge in [-0.3, -0.25) is 9.59 Å². The number of carbonyl (C=O) groups is 2. The number of sulfone groups is 1. The van der Waals surface area contributed by atoms with Crippen molar-refractivity contribution in [1.29, 1.82) is 0 Å². The molecule has 0 radical (unpaired) electrons. The molecule has 0 unspecified atom stereocenters.